The van der Waals surface area contributed by atoms with E-state index >= 15 is 0 Å². The van der Waals surface area contributed by atoms with Gasteiger partial charge in [-0.15, -0.1) is 0 Å². The molecule has 3 rings (SSSR count). The maximum atomic E-state index is 6.57. The minimum atomic E-state index is 0.256. The molecule has 2 aliphatic rings. The van der Waals surface area contributed by atoms with Gasteiger partial charge in [-0.05, 0) is 50.0 Å². The zero-order valence-electron chi connectivity index (χ0n) is 10.4. The van der Waals surface area contributed by atoms with Crippen LogP contribution in [0.5, 0.6) is 0 Å². The second-order valence-corrected chi connectivity index (χ2v) is 7.11. The second-order valence-electron chi connectivity index (χ2n) is 5.48. The van der Waals surface area contributed by atoms with Crippen LogP contribution in [0.4, 0.5) is 0 Å². The molecule has 0 radical (unpaired) electrons. The van der Waals surface area contributed by atoms with Crippen LogP contribution >= 0.6 is 11.8 Å². The number of aromatic nitrogens is 1. The lowest BCUT2D eigenvalue weighted by Crippen LogP contribution is -2.45. The summed E-state index contributed by atoms with van der Waals surface area (Å²) in [7, 11) is 0. The lowest BCUT2D eigenvalue weighted by atomic mass is 9.85. The molecule has 0 spiro atoms. The third-order valence-corrected chi connectivity index (χ3v) is 6.02. The first-order valence-electron chi connectivity index (χ1n) is 6.54. The molecular formula is C14H20N2S. The molecule has 1 aromatic heterocycles. The summed E-state index contributed by atoms with van der Waals surface area (Å²) in [4.78, 5) is 4.58. The quantitative estimate of drug-likeness (QED) is 0.874. The Morgan fingerprint density at radius 1 is 1.59 bits per heavy atom. The molecule has 0 aromatic carbocycles. The summed E-state index contributed by atoms with van der Waals surface area (Å²) in [5.74, 6) is 1.74. The average Bonchev–Trinajstić information content (AvgIpc) is 2.95. The van der Waals surface area contributed by atoms with Crippen LogP contribution in [0.1, 0.15) is 43.4 Å². The molecule has 92 valence electrons. The largest absolute Gasteiger partial charge is 0.326 e. The molecule has 1 saturated heterocycles. The number of thioether (sulfide) groups is 1. The number of pyridine rings is 1. The smallest absolute Gasteiger partial charge is 0.0482 e. The first-order valence-corrected chi connectivity index (χ1v) is 7.52. The van der Waals surface area contributed by atoms with Crippen LogP contribution in [-0.2, 0) is 6.42 Å². The van der Waals surface area contributed by atoms with Crippen molar-refractivity contribution < 1.29 is 0 Å². The maximum absolute atomic E-state index is 6.57. The molecule has 3 atom stereocenters. The highest BCUT2D eigenvalue weighted by molar-refractivity contribution is 8.00. The van der Waals surface area contributed by atoms with E-state index in [1.165, 1.54) is 36.3 Å². The van der Waals surface area contributed by atoms with Gasteiger partial charge in [0.2, 0.25) is 0 Å². The highest BCUT2D eigenvalue weighted by atomic mass is 32.2. The number of rotatable bonds is 2. The van der Waals surface area contributed by atoms with Gasteiger partial charge >= 0.3 is 0 Å². The first-order chi connectivity index (χ1) is 8.21. The monoisotopic (exact) mass is 248 g/mol. The Bertz CT molecular complexity index is 412. The van der Waals surface area contributed by atoms with Crippen molar-refractivity contribution in [2.75, 3.05) is 5.75 Å². The molecule has 0 bridgehead atoms. The summed E-state index contributed by atoms with van der Waals surface area (Å²) in [6.07, 6.45) is 6.83. The molecular weight excluding hydrogens is 228 g/mol. The molecule has 3 unspecified atom stereocenters. The normalized spacial score (nSPS) is 33.6. The molecule has 1 aliphatic carbocycles. The Hall–Kier alpha value is -0.540. The average molecular weight is 248 g/mol. The predicted molar refractivity (Wildman–Crippen MR) is 73.4 cm³/mol. The molecule has 0 saturated carbocycles. The van der Waals surface area contributed by atoms with Crippen LogP contribution < -0.4 is 5.73 Å². The highest BCUT2D eigenvalue weighted by Crippen LogP contribution is 2.46. The van der Waals surface area contributed by atoms with E-state index in [2.05, 4.69) is 29.7 Å². The van der Waals surface area contributed by atoms with Crippen LogP contribution in [-0.4, -0.2) is 21.5 Å². The van der Waals surface area contributed by atoms with Crippen molar-refractivity contribution >= 4 is 11.8 Å². The first kappa shape index (κ1) is 11.5. The molecule has 3 heteroatoms. The molecule has 2 N–H and O–H groups in total. The third-order valence-electron chi connectivity index (χ3n) is 4.39. The Kier molecular flexibility index (Phi) is 2.91. The number of aryl methyl sites for hydroxylation is 1. The molecule has 1 aromatic rings. The summed E-state index contributed by atoms with van der Waals surface area (Å²) in [6, 6.07) is 4.50. The van der Waals surface area contributed by atoms with Crippen molar-refractivity contribution in [2.45, 2.75) is 49.3 Å². The van der Waals surface area contributed by atoms with Crippen LogP contribution in [0.15, 0.2) is 18.3 Å². The fourth-order valence-electron chi connectivity index (χ4n) is 3.28. The van der Waals surface area contributed by atoms with E-state index in [0.717, 1.165) is 6.42 Å². The Labute approximate surface area is 107 Å². The van der Waals surface area contributed by atoms with Crippen molar-refractivity contribution in [1.82, 2.24) is 4.98 Å². The standard InChI is InChI=1S/C14H20N2S/c1-14(7-3-9-17-14)13(15)11-6-5-10-4-2-8-16-12(10)11/h2,4,8,11,13H,3,5-7,9,15H2,1H3. The number of hydrogen-bond acceptors (Lipinski definition) is 3. The predicted octanol–water partition coefficient (Wildman–Crippen LogP) is 2.72. The number of nitrogens with two attached hydrogens (primary N) is 1. The van der Waals surface area contributed by atoms with E-state index in [1.54, 1.807) is 0 Å². The van der Waals surface area contributed by atoms with Gasteiger partial charge in [-0.25, -0.2) is 0 Å². The van der Waals surface area contributed by atoms with Crippen molar-refractivity contribution in [3.05, 3.63) is 29.6 Å². The van der Waals surface area contributed by atoms with Gasteiger partial charge in [-0.1, -0.05) is 6.07 Å². The van der Waals surface area contributed by atoms with Gasteiger partial charge in [0.05, 0.1) is 0 Å². The third kappa shape index (κ3) is 1.89. The lowest BCUT2D eigenvalue weighted by Gasteiger charge is -2.34. The topological polar surface area (TPSA) is 38.9 Å². The van der Waals surface area contributed by atoms with Gasteiger partial charge in [0.15, 0.2) is 0 Å². The minimum Gasteiger partial charge on any atom is -0.326 e. The van der Waals surface area contributed by atoms with Crippen molar-refractivity contribution in [1.29, 1.82) is 0 Å². The Balaban J connectivity index is 1.86. The Morgan fingerprint density at radius 2 is 2.47 bits per heavy atom. The number of fused-ring (bicyclic) bond motifs is 1. The number of hydrogen-bond donors (Lipinski definition) is 1. The van der Waals surface area contributed by atoms with Gasteiger partial charge in [-0.3, -0.25) is 4.98 Å². The van der Waals surface area contributed by atoms with E-state index in [0.29, 0.717) is 5.92 Å². The summed E-state index contributed by atoms with van der Waals surface area (Å²) < 4.78 is 0.268. The van der Waals surface area contributed by atoms with E-state index in [4.69, 9.17) is 5.73 Å². The molecule has 1 aliphatic heterocycles. The molecule has 0 amide bonds. The molecule has 2 heterocycles. The summed E-state index contributed by atoms with van der Waals surface area (Å²) in [6.45, 7) is 2.34. The summed E-state index contributed by atoms with van der Waals surface area (Å²) >= 11 is 2.06. The Morgan fingerprint density at radius 3 is 3.24 bits per heavy atom. The van der Waals surface area contributed by atoms with E-state index < -0.39 is 0 Å². The fraction of sp³-hybridized carbons (Fsp3) is 0.643. The molecule has 17 heavy (non-hydrogen) atoms. The number of nitrogens with zero attached hydrogens (tertiary/aromatic N) is 1. The van der Waals surface area contributed by atoms with Gasteiger partial charge in [-0.2, -0.15) is 11.8 Å². The lowest BCUT2D eigenvalue weighted by molar-refractivity contribution is 0.410. The molecule has 1 fully saturated rings. The van der Waals surface area contributed by atoms with E-state index in [-0.39, 0.29) is 10.8 Å². The van der Waals surface area contributed by atoms with Crippen LogP contribution in [0, 0.1) is 0 Å². The molecule has 2 nitrogen and oxygen atoms in total. The summed E-state index contributed by atoms with van der Waals surface area (Å²) in [5.41, 5.74) is 9.26. The summed E-state index contributed by atoms with van der Waals surface area (Å²) in [5, 5.41) is 0. The highest BCUT2D eigenvalue weighted by Gasteiger charge is 2.42. The zero-order valence-corrected chi connectivity index (χ0v) is 11.2. The SMILES string of the molecule is CC1(C(N)C2CCc3cccnc32)CCCS1. The van der Waals surface area contributed by atoms with Crippen molar-refractivity contribution in [2.24, 2.45) is 5.73 Å². The fourth-order valence-corrected chi connectivity index (χ4v) is 4.68. The van der Waals surface area contributed by atoms with Gasteiger partial charge in [0.25, 0.3) is 0 Å². The second kappa shape index (κ2) is 4.29. The van der Waals surface area contributed by atoms with E-state index in [9.17, 15) is 0 Å². The zero-order chi connectivity index (χ0) is 11.9. The van der Waals surface area contributed by atoms with E-state index in [1.807, 2.05) is 12.3 Å². The van der Waals surface area contributed by atoms with Gasteiger partial charge in [0.1, 0.15) is 0 Å². The van der Waals surface area contributed by atoms with Gasteiger partial charge < -0.3 is 5.73 Å². The van der Waals surface area contributed by atoms with Crippen LogP contribution in [0.25, 0.3) is 0 Å². The minimum absolute atomic E-state index is 0.256. The van der Waals surface area contributed by atoms with Crippen LogP contribution in [0.3, 0.4) is 0 Å². The maximum Gasteiger partial charge on any atom is 0.0482 e. The van der Waals surface area contributed by atoms with Gasteiger partial charge in [0, 0.05) is 28.6 Å². The van der Waals surface area contributed by atoms with Crippen molar-refractivity contribution in [3.63, 3.8) is 0 Å². The van der Waals surface area contributed by atoms with Crippen molar-refractivity contribution in [3.8, 4) is 0 Å². The van der Waals surface area contributed by atoms with Crippen LogP contribution in [0.2, 0.25) is 0 Å².